The molecule has 130 valence electrons. The van der Waals surface area contributed by atoms with Gasteiger partial charge in [0.25, 0.3) is 0 Å². The number of hydrogen-bond acceptors (Lipinski definition) is 6. The van der Waals surface area contributed by atoms with Gasteiger partial charge in [0.05, 0.1) is 5.75 Å². The summed E-state index contributed by atoms with van der Waals surface area (Å²) in [6.45, 7) is 5.87. The van der Waals surface area contributed by atoms with Crippen LogP contribution in [0.1, 0.15) is 25.8 Å². The largest absolute Gasteiger partial charge is 0.360 e. The zero-order valence-electron chi connectivity index (χ0n) is 14.1. The first kappa shape index (κ1) is 18.7. The molecule has 2 rings (SSSR count). The Morgan fingerprint density at radius 3 is 2.79 bits per heavy atom. The summed E-state index contributed by atoms with van der Waals surface area (Å²) in [7, 11) is 0. The maximum Gasteiger partial charge on any atom is 0.230 e. The molecule has 0 atom stereocenters. The third-order valence-electron chi connectivity index (χ3n) is 3.20. The number of rotatable bonds is 10. The van der Waals surface area contributed by atoms with Gasteiger partial charge in [-0.15, -0.1) is 10.2 Å². The highest BCUT2D eigenvalue weighted by Crippen LogP contribution is 2.25. The quantitative estimate of drug-likeness (QED) is 0.499. The van der Waals surface area contributed by atoms with Crippen molar-refractivity contribution >= 4 is 34.1 Å². The van der Waals surface area contributed by atoms with Crippen LogP contribution < -0.4 is 10.6 Å². The third kappa shape index (κ3) is 7.31. The van der Waals surface area contributed by atoms with Gasteiger partial charge in [-0.2, -0.15) is 0 Å². The molecule has 0 fully saturated rings. The number of carbonyl (C=O) groups excluding carboxylic acids is 1. The number of anilines is 1. The van der Waals surface area contributed by atoms with Gasteiger partial charge in [0.2, 0.25) is 11.0 Å². The van der Waals surface area contributed by atoms with Crippen LogP contribution in [-0.2, 0) is 11.2 Å². The Morgan fingerprint density at radius 2 is 2.04 bits per heavy atom. The van der Waals surface area contributed by atoms with Crippen molar-refractivity contribution in [3.05, 3.63) is 35.9 Å². The van der Waals surface area contributed by atoms with Crippen molar-refractivity contribution in [3.63, 3.8) is 0 Å². The van der Waals surface area contributed by atoms with Gasteiger partial charge in [0, 0.05) is 13.1 Å². The number of amides is 1. The van der Waals surface area contributed by atoms with E-state index in [1.165, 1.54) is 28.7 Å². The molecule has 0 spiro atoms. The minimum Gasteiger partial charge on any atom is -0.360 e. The highest BCUT2D eigenvalue weighted by Gasteiger charge is 2.08. The van der Waals surface area contributed by atoms with Crippen LogP contribution in [-0.4, -0.2) is 34.9 Å². The summed E-state index contributed by atoms with van der Waals surface area (Å²) in [6, 6.07) is 10.3. The second-order valence-corrected chi connectivity index (χ2v) is 8.08. The summed E-state index contributed by atoms with van der Waals surface area (Å²) in [5, 5.41) is 15.2. The number of hydrogen-bond donors (Lipinski definition) is 2. The van der Waals surface area contributed by atoms with Crippen LogP contribution in [0.3, 0.4) is 0 Å². The number of nitrogens with one attached hydrogen (secondary N) is 2. The van der Waals surface area contributed by atoms with Crippen molar-refractivity contribution in [2.75, 3.05) is 24.2 Å². The molecule has 0 saturated carbocycles. The molecular weight excluding hydrogens is 340 g/mol. The van der Waals surface area contributed by atoms with Gasteiger partial charge in [-0.05, 0) is 24.3 Å². The van der Waals surface area contributed by atoms with Crippen molar-refractivity contribution in [3.8, 4) is 0 Å². The lowest BCUT2D eigenvalue weighted by atomic mass is 10.1. The Bertz CT molecular complexity index is 616. The zero-order valence-corrected chi connectivity index (χ0v) is 15.8. The predicted molar refractivity (Wildman–Crippen MR) is 102 cm³/mol. The molecule has 0 bridgehead atoms. The van der Waals surface area contributed by atoms with Crippen LogP contribution >= 0.6 is 23.1 Å². The van der Waals surface area contributed by atoms with Gasteiger partial charge >= 0.3 is 0 Å². The Labute approximate surface area is 151 Å². The number of aryl methyl sites for hydroxylation is 1. The van der Waals surface area contributed by atoms with Crippen molar-refractivity contribution in [1.82, 2.24) is 15.5 Å². The maximum atomic E-state index is 11.9. The molecule has 0 radical (unpaired) electrons. The van der Waals surface area contributed by atoms with Gasteiger partial charge in [0.1, 0.15) is 0 Å². The molecule has 2 aromatic rings. The fraction of sp³-hybridized carbons (Fsp3) is 0.471. The van der Waals surface area contributed by atoms with Crippen LogP contribution in [0.5, 0.6) is 0 Å². The highest BCUT2D eigenvalue weighted by molar-refractivity contribution is 8.01. The molecule has 1 amide bonds. The van der Waals surface area contributed by atoms with E-state index in [0.29, 0.717) is 18.2 Å². The number of carbonyl (C=O) groups is 1. The van der Waals surface area contributed by atoms with E-state index in [2.05, 4.69) is 46.8 Å². The van der Waals surface area contributed by atoms with Crippen molar-refractivity contribution in [1.29, 1.82) is 0 Å². The average Bonchev–Trinajstić information content (AvgIpc) is 3.04. The molecule has 0 aliphatic carbocycles. The Kier molecular flexibility index (Phi) is 8.04. The first-order valence-corrected chi connectivity index (χ1v) is 9.94. The first-order valence-electron chi connectivity index (χ1n) is 8.14. The molecular formula is C17H24N4OS2. The van der Waals surface area contributed by atoms with E-state index in [1.54, 1.807) is 0 Å². The summed E-state index contributed by atoms with van der Waals surface area (Å²) >= 11 is 2.92. The molecule has 7 heteroatoms. The monoisotopic (exact) mass is 364 g/mol. The lowest BCUT2D eigenvalue weighted by Crippen LogP contribution is -2.26. The summed E-state index contributed by atoms with van der Waals surface area (Å²) in [5.41, 5.74) is 1.30. The number of nitrogens with zero attached hydrogens (tertiary/aromatic N) is 2. The van der Waals surface area contributed by atoms with E-state index < -0.39 is 0 Å². The predicted octanol–water partition coefficient (Wildman–Crippen LogP) is 3.45. The van der Waals surface area contributed by atoms with E-state index in [-0.39, 0.29) is 5.91 Å². The zero-order chi connectivity index (χ0) is 17.2. The normalized spacial score (nSPS) is 10.8. The molecule has 1 heterocycles. The van der Waals surface area contributed by atoms with E-state index in [4.69, 9.17) is 0 Å². The van der Waals surface area contributed by atoms with Crippen molar-refractivity contribution in [2.24, 2.45) is 5.92 Å². The van der Waals surface area contributed by atoms with Crippen LogP contribution in [0.2, 0.25) is 0 Å². The Hall–Kier alpha value is -1.60. The van der Waals surface area contributed by atoms with E-state index in [1.807, 2.05) is 18.2 Å². The smallest absolute Gasteiger partial charge is 0.230 e. The highest BCUT2D eigenvalue weighted by atomic mass is 32.2. The number of aromatic nitrogens is 2. The second-order valence-electron chi connectivity index (χ2n) is 5.88. The van der Waals surface area contributed by atoms with Crippen LogP contribution in [0, 0.1) is 5.92 Å². The van der Waals surface area contributed by atoms with Gasteiger partial charge < -0.3 is 10.6 Å². The van der Waals surface area contributed by atoms with Crippen molar-refractivity contribution in [2.45, 2.75) is 31.0 Å². The van der Waals surface area contributed by atoms with Gasteiger partial charge in [-0.1, -0.05) is 67.3 Å². The lowest BCUT2D eigenvalue weighted by molar-refractivity contribution is -0.118. The molecule has 0 aliphatic rings. The average molecular weight is 365 g/mol. The summed E-state index contributed by atoms with van der Waals surface area (Å²) in [6.07, 6.45) is 1.93. The van der Waals surface area contributed by atoms with Crippen molar-refractivity contribution < 1.29 is 4.79 Å². The van der Waals surface area contributed by atoms with E-state index in [9.17, 15) is 4.79 Å². The first-order chi connectivity index (χ1) is 11.6. The second kappa shape index (κ2) is 10.3. The molecule has 5 nitrogen and oxygen atoms in total. The lowest BCUT2D eigenvalue weighted by Gasteiger charge is -2.04. The molecule has 0 unspecified atom stereocenters. The molecule has 0 aliphatic heterocycles. The topological polar surface area (TPSA) is 66.9 Å². The minimum atomic E-state index is 0.0416. The molecule has 1 aromatic heterocycles. The van der Waals surface area contributed by atoms with E-state index in [0.717, 1.165) is 28.9 Å². The minimum absolute atomic E-state index is 0.0416. The van der Waals surface area contributed by atoms with Crippen LogP contribution in [0.15, 0.2) is 34.7 Å². The van der Waals surface area contributed by atoms with Crippen LogP contribution in [0.25, 0.3) is 0 Å². The van der Waals surface area contributed by atoms with Gasteiger partial charge in [-0.3, -0.25) is 4.79 Å². The molecule has 0 saturated heterocycles. The van der Waals surface area contributed by atoms with Gasteiger partial charge in [0.15, 0.2) is 4.34 Å². The maximum absolute atomic E-state index is 11.9. The van der Waals surface area contributed by atoms with Gasteiger partial charge in [-0.25, -0.2) is 0 Å². The number of thioether (sulfide) groups is 1. The summed E-state index contributed by atoms with van der Waals surface area (Å²) in [5.74, 6) is 0.982. The Morgan fingerprint density at radius 1 is 1.25 bits per heavy atom. The molecule has 1 aromatic carbocycles. The fourth-order valence-electron chi connectivity index (χ4n) is 1.97. The van der Waals surface area contributed by atoms with E-state index >= 15 is 0 Å². The summed E-state index contributed by atoms with van der Waals surface area (Å²) in [4.78, 5) is 11.9. The Balaban J connectivity index is 1.59. The molecule has 2 N–H and O–H groups in total. The SMILES string of the molecule is CC(C)CNc1nnc(SCC(=O)NCCCc2ccccc2)s1. The standard InChI is InChI=1S/C17H24N4OS2/c1-13(2)11-19-16-20-21-17(24-16)23-12-15(22)18-10-6-9-14-7-4-3-5-8-14/h3-5,7-8,13H,6,9-12H2,1-2H3,(H,18,22)(H,19,20). The van der Waals surface area contributed by atoms with Crippen LogP contribution in [0.4, 0.5) is 5.13 Å². The summed E-state index contributed by atoms with van der Waals surface area (Å²) < 4.78 is 0.820. The molecule has 24 heavy (non-hydrogen) atoms. The fourth-order valence-corrected chi connectivity index (χ4v) is 3.56. The third-order valence-corrected chi connectivity index (χ3v) is 5.22. The number of benzene rings is 1.